The van der Waals surface area contributed by atoms with E-state index in [1.54, 1.807) is 0 Å². The van der Waals surface area contributed by atoms with Crippen LogP contribution >= 0.6 is 11.8 Å². The number of thioether (sulfide) groups is 1. The first-order chi connectivity index (χ1) is 11.1. The lowest BCUT2D eigenvalue weighted by atomic mass is 10.0. The van der Waals surface area contributed by atoms with Crippen molar-refractivity contribution in [1.82, 2.24) is 0 Å². The van der Waals surface area contributed by atoms with Gasteiger partial charge >= 0.3 is 0 Å². The Bertz CT molecular complexity index is 707. The van der Waals surface area contributed by atoms with E-state index in [2.05, 4.69) is 93.6 Å². The Morgan fingerprint density at radius 2 is 0.870 bits per heavy atom. The Morgan fingerprint density at radius 1 is 0.522 bits per heavy atom. The van der Waals surface area contributed by atoms with Gasteiger partial charge < -0.3 is 0 Å². The molecule has 116 valence electrons. The van der Waals surface area contributed by atoms with Gasteiger partial charge in [-0.1, -0.05) is 77.4 Å². The van der Waals surface area contributed by atoms with E-state index in [0.717, 1.165) is 0 Å². The summed E-state index contributed by atoms with van der Waals surface area (Å²) in [5, 5.41) is 0.318. The molecule has 0 heterocycles. The van der Waals surface area contributed by atoms with Crippen molar-refractivity contribution in [3.63, 3.8) is 0 Å². The molecule has 0 atom stereocenters. The molecule has 0 aromatic heterocycles. The summed E-state index contributed by atoms with van der Waals surface area (Å²) >= 11 is 1.92. The highest BCUT2D eigenvalue weighted by Gasteiger charge is 2.15. The second-order valence-corrected chi connectivity index (χ2v) is 7.31. The van der Waals surface area contributed by atoms with Crippen molar-refractivity contribution >= 4 is 11.8 Å². The lowest BCUT2D eigenvalue weighted by Gasteiger charge is -2.18. The highest BCUT2D eigenvalue weighted by atomic mass is 32.2. The van der Waals surface area contributed by atoms with Crippen LogP contribution < -0.4 is 0 Å². The van der Waals surface area contributed by atoms with Crippen LogP contribution in [-0.4, -0.2) is 0 Å². The van der Waals surface area contributed by atoms with E-state index in [1.807, 2.05) is 11.8 Å². The summed E-state index contributed by atoms with van der Waals surface area (Å²) in [7, 11) is 0. The fourth-order valence-electron chi connectivity index (χ4n) is 2.56. The van der Waals surface area contributed by atoms with Gasteiger partial charge in [0, 0.05) is 4.90 Å². The van der Waals surface area contributed by atoms with Gasteiger partial charge in [0.25, 0.3) is 0 Å². The molecule has 1 heteroatoms. The third-order valence-corrected chi connectivity index (χ3v) is 5.36. The predicted molar refractivity (Wildman–Crippen MR) is 101 cm³/mol. The fraction of sp³-hybridized carbons (Fsp3) is 0.182. The smallest absolute Gasteiger partial charge is 0.0593 e. The number of hydrogen-bond donors (Lipinski definition) is 0. The minimum Gasteiger partial charge on any atom is -0.113 e. The standard InChI is InChI=1S/C22H22S/c1-16-4-10-19(11-5-16)22(20-12-6-17(2)7-13-20)23-21-14-8-18(3)9-15-21/h4-15,22H,1-3H3. The maximum absolute atomic E-state index is 2.25. The summed E-state index contributed by atoms with van der Waals surface area (Å²) in [5.41, 5.74) is 6.61. The number of aryl methyl sites for hydroxylation is 3. The van der Waals surface area contributed by atoms with E-state index in [0.29, 0.717) is 5.25 Å². The molecule has 0 bridgehead atoms. The summed E-state index contributed by atoms with van der Waals surface area (Å²) in [6, 6.07) is 26.6. The van der Waals surface area contributed by atoms with Crippen LogP contribution in [0.15, 0.2) is 77.7 Å². The topological polar surface area (TPSA) is 0 Å². The highest BCUT2D eigenvalue weighted by Crippen LogP contribution is 2.40. The average Bonchev–Trinajstić information content (AvgIpc) is 2.56. The fourth-order valence-corrected chi connectivity index (χ4v) is 3.72. The first-order valence-electron chi connectivity index (χ1n) is 7.98. The van der Waals surface area contributed by atoms with Gasteiger partial charge in [-0.3, -0.25) is 0 Å². The van der Waals surface area contributed by atoms with Crippen LogP contribution in [0.4, 0.5) is 0 Å². The molecule has 0 aliphatic rings. The molecule has 3 aromatic rings. The van der Waals surface area contributed by atoms with E-state index < -0.39 is 0 Å². The van der Waals surface area contributed by atoms with Gasteiger partial charge in [0.1, 0.15) is 0 Å². The Morgan fingerprint density at radius 3 is 1.26 bits per heavy atom. The lowest BCUT2D eigenvalue weighted by molar-refractivity contribution is 1.14. The zero-order chi connectivity index (χ0) is 16.2. The second kappa shape index (κ2) is 7.06. The van der Waals surface area contributed by atoms with Crippen molar-refractivity contribution in [2.75, 3.05) is 0 Å². The Balaban J connectivity index is 1.97. The van der Waals surface area contributed by atoms with Crippen LogP contribution in [0, 0.1) is 20.8 Å². The third kappa shape index (κ3) is 4.05. The molecule has 0 radical (unpaired) electrons. The SMILES string of the molecule is Cc1ccc(SC(c2ccc(C)cc2)c2ccc(C)cc2)cc1. The summed E-state index contributed by atoms with van der Waals surface area (Å²) in [6.45, 7) is 6.40. The Kier molecular flexibility index (Phi) is 4.88. The molecule has 0 aliphatic heterocycles. The van der Waals surface area contributed by atoms with Gasteiger partial charge in [-0.2, -0.15) is 0 Å². The normalized spacial score (nSPS) is 11.0. The highest BCUT2D eigenvalue weighted by molar-refractivity contribution is 7.99. The van der Waals surface area contributed by atoms with E-state index in [-0.39, 0.29) is 0 Å². The Hall–Kier alpha value is -1.99. The maximum atomic E-state index is 2.25. The van der Waals surface area contributed by atoms with E-state index in [4.69, 9.17) is 0 Å². The number of hydrogen-bond acceptors (Lipinski definition) is 1. The largest absolute Gasteiger partial charge is 0.113 e. The molecule has 0 unspecified atom stereocenters. The molecule has 0 nitrogen and oxygen atoms in total. The first kappa shape index (κ1) is 15.9. The lowest BCUT2D eigenvalue weighted by Crippen LogP contribution is -1.97. The minimum absolute atomic E-state index is 0.318. The average molecular weight is 318 g/mol. The zero-order valence-corrected chi connectivity index (χ0v) is 14.7. The molecule has 0 saturated carbocycles. The quantitative estimate of drug-likeness (QED) is 0.495. The zero-order valence-electron chi connectivity index (χ0n) is 13.9. The minimum atomic E-state index is 0.318. The van der Waals surface area contributed by atoms with Gasteiger partial charge in [-0.05, 0) is 44.0 Å². The molecule has 3 rings (SSSR count). The Labute approximate surface area is 143 Å². The molecular formula is C22H22S. The van der Waals surface area contributed by atoms with Crippen molar-refractivity contribution in [2.24, 2.45) is 0 Å². The van der Waals surface area contributed by atoms with Crippen molar-refractivity contribution in [1.29, 1.82) is 0 Å². The molecule has 3 aromatic carbocycles. The number of rotatable bonds is 4. The van der Waals surface area contributed by atoms with Crippen LogP contribution in [0.2, 0.25) is 0 Å². The van der Waals surface area contributed by atoms with Gasteiger partial charge in [0.05, 0.1) is 5.25 Å². The third-order valence-electron chi connectivity index (χ3n) is 4.04. The van der Waals surface area contributed by atoms with Crippen molar-refractivity contribution in [3.05, 3.63) is 101 Å². The summed E-state index contributed by atoms with van der Waals surface area (Å²) in [4.78, 5) is 1.31. The molecular weight excluding hydrogens is 296 g/mol. The molecule has 0 aliphatic carbocycles. The molecule has 0 fully saturated rings. The summed E-state index contributed by atoms with van der Waals surface area (Å²) in [5.74, 6) is 0. The molecule has 0 spiro atoms. The van der Waals surface area contributed by atoms with Gasteiger partial charge in [-0.15, -0.1) is 11.8 Å². The van der Waals surface area contributed by atoms with E-state index in [9.17, 15) is 0 Å². The molecule has 0 N–H and O–H groups in total. The maximum Gasteiger partial charge on any atom is 0.0593 e. The first-order valence-corrected chi connectivity index (χ1v) is 8.86. The van der Waals surface area contributed by atoms with Gasteiger partial charge in [0.2, 0.25) is 0 Å². The molecule has 0 amide bonds. The van der Waals surface area contributed by atoms with Crippen LogP contribution in [-0.2, 0) is 0 Å². The van der Waals surface area contributed by atoms with Crippen LogP contribution in [0.5, 0.6) is 0 Å². The summed E-state index contributed by atoms with van der Waals surface area (Å²) < 4.78 is 0. The van der Waals surface area contributed by atoms with E-state index in [1.165, 1.54) is 32.7 Å². The van der Waals surface area contributed by atoms with Gasteiger partial charge in [-0.25, -0.2) is 0 Å². The van der Waals surface area contributed by atoms with Crippen LogP contribution in [0.25, 0.3) is 0 Å². The molecule has 23 heavy (non-hydrogen) atoms. The van der Waals surface area contributed by atoms with Crippen LogP contribution in [0.3, 0.4) is 0 Å². The molecule has 0 saturated heterocycles. The predicted octanol–water partition coefficient (Wildman–Crippen LogP) is 6.49. The van der Waals surface area contributed by atoms with Crippen molar-refractivity contribution in [2.45, 2.75) is 30.9 Å². The number of benzene rings is 3. The van der Waals surface area contributed by atoms with Crippen molar-refractivity contribution < 1.29 is 0 Å². The monoisotopic (exact) mass is 318 g/mol. The van der Waals surface area contributed by atoms with Crippen LogP contribution in [0.1, 0.15) is 33.1 Å². The second-order valence-electron chi connectivity index (χ2n) is 6.13. The van der Waals surface area contributed by atoms with Crippen molar-refractivity contribution in [3.8, 4) is 0 Å². The van der Waals surface area contributed by atoms with Gasteiger partial charge in [0.15, 0.2) is 0 Å². The summed E-state index contributed by atoms with van der Waals surface area (Å²) in [6.07, 6.45) is 0. The van der Waals surface area contributed by atoms with E-state index >= 15 is 0 Å².